The molecule has 164 valence electrons. The predicted octanol–water partition coefficient (Wildman–Crippen LogP) is 2.51. The normalized spacial score (nSPS) is 15.8. The first-order valence-electron chi connectivity index (χ1n) is 10.1. The maximum absolute atomic E-state index is 13.5. The Kier molecular flexibility index (Phi) is 5.96. The van der Waals surface area contributed by atoms with Crippen LogP contribution in [0.4, 0.5) is 0 Å². The second kappa shape index (κ2) is 8.84. The lowest BCUT2D eigenvalue weighted by Gasteiger charge is -2.24. The van der Waals surface area contributed by atoms with Gasteiger partial charge in [0.1, 0.15) is 11.5 Å². The molecule has 0 saturated heterocycles. The average Bonchev–Trinajstić information content (AvgIpc) is 3.07. The average molecular weight is 451 g/mol. The van der Waals surface area contributed by atoms with Gasteiger partial charge in [0.2, 0.25) is 0 Å². The number of aromatic nitrogens is 1. The van der Waals surface area contributed by atoms with E-state index in [0.717, 1.165) is 5.56 Å². The van der Waals surface area contributed by atoms with Gasteiger partial charge in [-0.1, -0.05) is 35.6 Å². The van der Waals surface area contributed by atoms with Crippen molar-refractivity contribution in [1.82, 2.24) is 4.57 Å². The van der Waals surface area contributed by atoms with Crippen molar-refractivity contribution in [2.75, 3.05) is 13.7 Å². The fourth-order valence-corrected chi connectivity index (χ4v) is 4.71. The van der Waals surface area contributed by atoms with Gasteiger partial charge in [-0.3, -0.25) is 9.36 Å². The minimum absolute atomic E-state index is 0.114. The summed E-state index contributed by atoms with van der Waals surface area (Å²) in [5, 5.41) is 9.75. The Hall–Kier alpha value is -3.65. The summed E-state index contributed by atoms with van der Waals surface area (Å²) in [5.41, 5.74) is 2.00. The van der Waals surface area contributed by atoms with E-state index in [9.17, 15) is 14.7 Å². The molecule has 32 heavy (non-hydrogen) atoms. The zero-order valence-electron chi connectivity index (χ0n) is 17.9. The largest absolute Gasteiger partial charge is 0.508 e. The number of thiazole rings is 1. The zero-order chi connectivity index (χ0) is 22.8. The molecule has 7 nitrogen and oxygen atoms in total. The van der Waals surface area contributed by atoms with Crippen molar-refractivity contribution in [2.45, 2.75) is 19.9 Å². The molecule has 1 aromatic heterocycles. The van der Waals surface area contributed by atoms with Gasteiger partial charge in [-0.25, -0.2) is 9.79 Å². The maximum atomic E-state index is 13.5. The highest BCUT2D eigenvalue weighted by atomic mass is 32.1. The molecule has 1 aliphatic rings. The van der Waals surface area contributed by atoms with Crippen molar-refractivity contribution < 1.29 is 19.4 Å². The highest BCUT2D eigenvalue weighted by molar-refractivity contribution is 7.07. The van der Waals surface area contributed by atoms with Crippen LogP contribution in [0.2, 0.25) is 0 Å². The summed E-state index contributed by atoms with van der Waals surface area (Å²) in [4.78, 5) is 31.4. The standard InChI is InChI=1S/C24H22N2O5S/c1-4-31-23(29)20-14(2)25-24-26(21(20)16-8-10-18(30-3)11-9-16)22(28)19(32-24)13-15-6-5-7-17(27)12-15/h5-13,21,27H,4H2,1-3H3/t21-/m0/s1. The molecule has 0 fully saturated rings. The van der Waals surface area contributed by atoms with Crippen LogP contribution in [-0.2, 0) is 9.53 Å². The summed E-state index contributed by atoms with van der Waals surface area (Å²) < 4.78 is 12.5. The van der Waals surface area contributed by atoms with E-state index in [1.54, 1.807) is 63.4 Å². The lowest BCUT2D eigenvalue weighted by Crippen LogP contribution is -2.39. The van der Waals surface area contributed by atoms with E-state index in [4.69, 9.17) is 9.47 Å². The van der Waals surface area contributed by atoms with Crippen molar-refractivity contribution in [1.29, 1.82) is 0 Å². The van der Waals surface area contributed by atoms with Gasteiger partial charge in [0.15, 0.2) is 4.80 Å². The number of ether oxygens (including phenoxy) is 2. The summed E-state index contributed by atoms with van der Waals surface area (Å²) in [6.45, 7) is 3.70. The topological polar surface area (TPSA) is 90.1 Å². The number of methoxy groups -OCH3 is 1. The maximum Gasteiger partial charge on any atom is 0.338 e. The molecule has 0 aliphatic carbocycles. The van der Waals surface area contributed by atoms with Crippen LogP contribution in [0.3, 0.4) is 0 Å². The first kappa shape index (κ1) is 21.6. The molecule has 0 unspecified atom stereocenters. The molecule has 0 bridgehead atoms. The Morgan fingerprint density at radius 1 is 1.25 bits per heavy atom. The molecular weight excluding hydrogens is 428 g/mol. The highest BCUT2D eigenvalue weighted by Gasteiger charge is 2.33. The number of aromatic hydroxyl groups is 1. The van der Waals surface area contributed by atoms with Crippen molar-refractivity contribution in [3.63, 3.8) is 0 Å². The molecule has 1 atom stereocenters. The van der Waals surface area contributed by atoms with Crippen LogP contribution in [0, 0.1) is 0 Å². The quantitative estimate of drug-likeness (QED) is 0.604. The highest BCUT2D eigenvalue weighted by Crippen LogP contribution is 2.31. The van der Waals surface area contributed by atoms with Gasteiger partial charge in [-0.15, -0.1) is 0 Å². The van der Waals surface area contributed by atoms with E-state index < -0.39 is 12.0 Å². The van der Waals surface area contributed by atoms with Crippen LogP contribution in [-0.4, -0.2) is 29.4 Å². The first-order chi connectivity index (χ1) is 15.4. The number of phenols is 1. The SMILES string of the molecule is CCOC(=O)C1=C(C)N=c2sc(=Cc3cccc(O)c3)c(=O)n2[C@H]1c1ccc(OC)cc1. The second-order valence-electron chi connectivity index (χ2n) is 7.17. The third-order valence-corrected chi connectivity index (χ3v) is 6.10. The van der Waals surface area contributed by atoms with Gasteiger partial charge < -0.3 is 14.6 Å². The van der Waals surface area contributed by atoms with Crippen LogP contribution >= 0.6 is 11.3 Å². The molecule has 2 heterocycles. The summed E-state index contributed by atoms with van der Waals surface area (Å²) in [6.07, 6.45) is 1.71. The van der Waals surface area contributed by atoms with E-state index in [1.807, 2.05) is 12.1 Å². The first-order valence-corrected chi connectivity index (χ1v) is 10.9. The van der Waals surface area contributed by atoms with Crippen LogP contribution in [0.5, 0.6) is 11.5 Å². The molecule has 0 spiro atoms. The van der Waals surface area contributed by atoms with Crippen molar-refractivity contribution in [2.24, 2.45) is 4.99 Å². The summed E-state index contributed by atoms with van der Waals surface area (Å²) in [7, 11) is 1.58. The number of nitrogens with zero attached hydrogens (tertiary/aromatic N) is 2. The number of hydrogen-bond donors (Lipinski definition) is 1. The summed E-state index contributed by atoms with van der Waals surface area (Å²) >= 11 is 1.24. The van der Waals surface area contributed by atoms with Crippen molar-refractivity contribution in [3.8, 4) is 11.5 Å². The molecule has 3 aromatic rings. The van der Waals surface area contributed by atoms with E-state index in [1.165, 1.54) is 15.9 Å². The van der Waals surface area contributed by atoms with Crippen LogP contribution in [0.1, 0.15) is 31.0 Å². The smallest absolute Gasteiger partial charge is 0.338 e. The predicted molar refractivity (Wildman–Crippen MR) is 121 cm³/mol. The number of rotatable bonds is 5. The van der Waals surface area contributed by atoms with E-state index in [2.05, 4.69) is 4.99 Å². The van der Waals surface area contributed by atoms with Gasteiger partial charge in [0.25, 0.3) is 5.56 Å². The molecule has 0 amide bonds. The molecule has 1 N–H and O–H groups in total. The van der Waals surface area contributed by atoms with Gasteiger partial charge >= 0.3 is 5.97 Å². The summed E-state index contributed by atoms with van der Waals surface area (Å²) in [6, 6.07) is 13.2. The number of benzene rings is 2. The number of carbonyl (C=O) groups excluding carboxylic acids is 1. The number of hydrogen-bond acceptors (Lipinski definition) is 7. The Morgan fingerprint density at radius 2 is 2.00 bits per heavy atom. The molecule has 4 rings (SSSR count). The summed E-state index contributed by atoms with van der Waals surface area (Å²) in [5.74, 6) is 0.281. The molecule has 0 saturated carbocycles. The Bertz CT molecular complexity index is 1380. The van der Waals surface area contributed by atoms with Crippen LogP contribution in [0.15, 0.2) is 69.6 Å². The molecule has 1 aliphatic heterocycles. The van der Waals surface area contributed by atoms with Gasteiger partial charge in [-0.05, 0) is 55.3 Å². The minimum atomic E-state index is -0.678. The Balaban J connectivity index is 1.94. The molecule has 2 aromatic carbocycles. The monoisotopic (exact) mass is 450 g/mol. The van der Waals surface area contributed by atoms with Crippen molar-refractivity contribution >= 4 is 23.4 Å². The van der Waals surface area contributed by atoms with Gasteiger partial charge in [0.05, 0.1) is 35.6 Å². The zero-order valence-corrected chi connectivity index (χ0v) is 18.7. The number of phenolic OH excluding ortho intramolecular Hbond substituents is 1. The lowest BCUT2D eigenvalue weighted by molar-refractivity contribution is -0.139. The third-order valence-electron chi connectivity index (χ3n) is 5.12. The minimum Gasteiger partial charge on any atom is -0.508 e. The van der Waals surface area contributed by atoms with E-state index in [-0.39, 0.29) is 17.9 Å². The lowest BCUT2D eigenvalue weighted by atomic mass is 9.96. The second-order valence-corrected chi connectivity index (χ2v) is 8.18. The number of allylic oxidation sites excluding steroid dienone is 1. The van der Waals surface area contributed by atoms with Gasteiger partial charge in [-0.2, -0.15) is 0 Å². The molecular formula is C24H22N2O5S. The van der Waals surface area contributed by atoms with E-state index >= 15 is 0 Å². The third kappa shape index (κ3) is 3.97. The van der Waals surface area contributed by atoms with Crippen molar-refractivity contribution in [3.05, 3.63) is 90.6 Å². The Morgan fingerprint density at radius 3 is 2.66 bits per heavy atom. The van der Waals surface area contributed by atoms with Gasteiger partial charge in [0, 0.05) is 0 Å². The number of esters is 1. The fraction of sp³-hybridized carbons (Fsp3) is 0.208. The number of fused-ring (bicyclic) bond motifs is 1. The molecule has 8 heteroatoms. The van der Waals surface area contributed by atoms with E-state index in [0.29, 0.717) is 31.9 Å². The van der Waals surface area contributed by atoms with Crippen LogP contribution < -0.4 is 19.6 Å². The number of carbonyl (C=O) groups is 1. The fourth-order valence-electron chi connectivity index (χ4n) is 3.66. The van der Waals surface area contributed by atoms with Crippen LogP contribution in [0.25, 0.3) is 6.08 Å². The molecule has 0 radical (unpaired) electrons. The Labute approximate surface area is 188 Å².